The zero-order chi connectivity index (χ0) is 14.7. The van der Waals surface area contributed by atoms with Gasteiger partial charge in [-0.15, -0.1) is 11.3 Å². The van der Waals surface area contributed by atoms with E-state index in [0.29, 0.717) is 6.54 Å². The Balaban J connectivity index is 1.90. The predicted molar refractivity (Wildman–Crippen MR) is 87.8 cm³/mol. The molecule has 3 aromatic rings. The summed E-state index contributed by atoms with van der Waals surface area (Å²) in [7, 11) is 0. The summed E-state index contributed by atoms with van der Waals surface area (Å²) < 4.78 is 1.16. The van der Waals surface area contributed by atoms with Gasteiger partial charge < -0.3 is 10.6 Å². The van der Waals surface area contributed by atoms with Gasteiger partial charge in [0, 0.05) is 17.8 Å². The Morgan fingerprint density at radius 3 is 2.86 bits per heavy atom. The second kappa shape index (κ2) is 5.93. The maximum atomic E-state index is 11.6. The molecule has 0 spiro atoms. The molecule has 0 saturated heterocycles. The highest BCUT2D eigenvalue weighted by atomic mass is 32.1. The minimum absolute atomic E-state index is 0.195. The first-order valence-corrected chi connectivity index (χ1v) is 7.59. The summed E-state index contributed by atoms with van der Waals surface area (Å²) in [5.41, 5.74) is 2.77. The molecule has 106 valence electrons. The van der Waals surface area contributed by atoms with Gasteiger partial charge in [-0.05, 0) is 31.2 Å². The van der Waals surface area contributed by atoms with Gasteiger partial charge in [-0.3, -0.25) is 0 Å². The number of aromatic nitrogens is 1. The van der Waals surface area contributed by atoms with E-state index in [0.717, 1.165) is 26.5 Å². The molecule has 1 aromatic heterocycles. The number of fused-ring (bicyclic) bond motifs is 1. The van der Waals surface area contributed by atoms with Crippen molar-refractivity contribution in [3.63, 3.8) is 0 Å². The van der Waals surface area contributed by atoms with E-state index >= 15 is 0 Å². The molecular weight excluding hydrogens is 282 g/mol. The van der Waals surface area contributed by atoms with Crippen LogP contribution < -0.4 is 10.6 Å². The van der Waals surface area contributed by atoms with Crippen LogP contribution in [0, 0.1) is 0 Å². The number of carbonyl (C=O) groups excluding carboxylic acids is 1. The molecule has 2 amide bonds. The van der Waals surface area contributed by atoms with E-state index in [1.54, 1.807) is 11.3 Å². The number of rotatable bonds is 3. The van der Waals surface area contributed by atoms with E-state index in [1.807, 2.05) is 49.4 Å². The Morgan fingerprint density at radius 1 is 1.19 bits per heavy atom. The normalized spacial score (nSPS) is 10.5. The molecule has 2 aromatic carbocycles. The smallest absolute Gasteiger partial charge is 0.319 e. The van der Waals surface area contributed by atoms with Crippen LogP contribution in [0.4, 0.5) is 10.5 Å². The lowest BCUT2D eigenvalue weighted by Gasteiger charge is -2.06. The van der Waals surface area contributed by atoms with Crippen molar-refractivity contribution < 1.29 is 4.79 Å². The van der Waals surface area contributed by atoms with Gasteiger partial charge in [0.15, 0.2) is 0 Å². The standard InChI is InChI=1S/C16H15N3OS/c1-2-17-16(20)18-12-7-5-6-11(10-12)15-19-13-8-3-4-9-14(13)21-15/h3-10H,2H2,1H3,(H2,17,18,20). The topological polar surface area (TPSA) is 54.0 Å². The predicted octanol–water partition coefficient (Wildman–Crippen LogP) is 4.10. The SMILES string of the molecule is CCNC(=O)Nc1cccc(-c2nc3ccccc3s2)c1. The summed E-state index contributed by atoms with van der Waals surface area (Å²) in [4.78, 5) is 16.2. The highest BCUT2D eigenvalue weighted by molar-refractivity contribution is 7.21. The van der Waals surface area contributed by atoms with Gasteiger partial charge in [0.25, 0.3) is 0 Å². The first kappa shape index (κ1) is 13.6. The molecule has 3 rings (SSSR count). The Hall–Kier alpha value is -2.40. The van der Waals surface area contributed by atoms with Crippen molar-refractivity contribution in [1.29, 1.82) is 0 Å². The monoisotopic (exact) mass is 297 g/mol. The summed E-state index contributed by atoms with van der Waals surface area (Å²) in [6.45, 7) is 2.49. The second-order valence-electron chi connectivity index (χ2n) is 4.55. The van der Waals surface area contributed by atoms with Crippen LogP contribution in [0.5, 0.6) is 0 Å². The molecule has 4 nitrogen and oxygen atoms in total. The Kier molecular flexibility index (Phi) is 3.83. The molecule has 0 saturated carbocycles. The molecule has 0 atom stereocenters. The molecule has 0 bridgehead atoms. The van der Waals surface area contributed by atoms with E-state index in [4.69, 9.17) is 0 Å². The Bertz CT molecular complexity index is 749. The molecule has 0 aliphatic carbocycles. The summed E-state index contributed by atoms with van der Waals surface area (Å²) in [5.74, 6) is 0. The lowest BCUT2D eigenvalue weighted by atomic mass is 10.2. The fraction of sp³-hybridized carbons (Fsp3) is 0.125. The number of nitrogens with one attached hydrogen (secondary N) is 2. The molecule has 0 aliphatic rings. The van der Waals surface area contributed by atoms with Crippen LogP contribution in [0.2, 0.25) is 0 Å². The molecule has 1 heterocycles. The quantitative estimate of drug-likeness (QED) is 0.764. The van der Waals surface area contributed by atoms with Crippen molar-refractivity contribution in [3.8, 4) is 10.6 Å². The number of hydrogen-bond acceptors (Lipinski definition) is 3. The van der Waals surface area contributed by atoms with Crippen LogP contribution >= 0.6 is 11.3 Å². The number of hydrogen-bond donors (Lipinski definition) is 2. The number of urea groups is 1. The van der Waals surface area contributed by atoms with Crippen molar-refractivity contribution >= 4 is 33.3 Å². The van der Waals surface area contributed by atoms with Crippen molar-refractivity contribution in [2.75, 3.05) is 11.9 Å². The number of para-hydroxylation sites is 1. The van der Waals surface area contributed by atoms with Gasteiger partial charge in [-0.25, -0.2) is 9.78 Å². The maximum Gasteiger partial charge on any atom is 0.319 e. The van der Waals surface area contributed by atoms with E-state index in [-0.39, 0.29) is 6.03 Å². The highest BCUT2D eigenvalue weighted by Gasteiger charge is 2.07. The summed E-state index contributed by atoms with van der Waals surface area (Å²) >= 11 is 1.65. The van der Waals surface area contributed by atoms with Crippen LogP contribution in [0.1, 0.15) is 6.92 Å². The van der Waals surface area contributed by atoms with Crippen molar-refractivity contribution in [2.24, 2.45) is 0 Å². The minimum Gasteiger partial charge on any atom is -0.338 e. The van der Waals surface area contributed by atoms with Gasteiger partial charge in [-0.2, -0.15) is 0 Å². The molecule has 0 fully saturated rings. The molecule has 21 heavy (non-hydrogen) atoms. The van der Waals surface area contributed by atoms with Gasteiger partial charge in [0.1, 0.15) is 5.01 Å². The maximum absolute atomic E-state index is 11.6. The molecule has 2 N–H and O–H groups in total. The molecule has 5 heteroatoms. The third-order valence-electron chi connectivity index (χ3n) is 3.00. The van der Waals surface area contributed by atoms with Crippen molar-refractivity contribution in [3.05, 3.63) is 48.5 Å². The van der Waals surface area contributed by atoms with Crippen molar-refractivity contribution in [2.45, 2.75) is 6.92 Å². The lowest BCUT2D eigenvalue weighted by Crippen LogP contribution is -2.28. The third kappa shape index (κ3) is 3.03. The van der Waals surface area contributed by atoms with Crippen LogP contribution in [0.15, 0.2) is 48.5 Å². The third-order valence-corrected chi connectivity index (χ3v) is 4.08. The largest absolute Gasteiger partial charge is 0.338 e. The first-order chi connectivity index (χ1) is 10.3. The number of thiazole rings is 1. The number of benzene rings is 2. The fourth-order valence-electron chi connectivity index (χ4n) is 2.06. The average Bonchev–Trinajstić information content (AvgIpc) is 2.91. The van der Waals surface area contributed by atoms with Gasteiger partial charge in [0.05, 0.1) is 10.2 Å². The number of carbonyl (C=O) groups is 1. The number of amides is 2. The van der Waals surface area contributed by atoms with Crippen LogP contribution in [-0.2, 0) is 0 Å². The van der Waals surface area contributed by atoms with Crippen LogP contribution in [0.3, 0.4) is 0 Å². The zero-order valence-corrected chi connectivity index (χ0v) is 12.4. The lowest BCUT2D eigenvalue weighted by molar-refractivity contribution is 0.252. The summed E-state index contributed by atoms with van der Waals surface area (Å²) in [6, 6.07) is 15.6. The second-order valence-corrected chi connectivity index (χ2v) is 5.58. The first-order valence-electron chi connectivity index (χ1n) is 6.77. The van der Waals surface area contributed by atoms with Crippen molar-refractivity contribution in [1.82, 2.24) is 10.3 Å². The minimum atomic E-state index is -0.195. The summed E-state index contributed by atoms with van der Waals surface area (Å²) in [6.07, 6.45) is 0. The van der Waals surface area contributed by atoms with Crippen LogP contribution in [0.25, 0.3) is 20.8 Å². The fourth-order valence-corrected chi connectivity index (χ4v) is 3.02. The van der Waals surface area contributed by atoms with Gasteiger partial charge in [0.2, 0.25) is 0 Å². The molecular formula is C16H15N3OS. The van der Waals surface area contributed by atoms with Gasteiger partial charge >= 0.3 is 6.03 Å². The van der Waals surface area contributed by atoms with E-state index in [2.05, 4.69) is 21.7 Å². The average molecular weight is 297 g/mol. The van der Waals surface area contributed by atoms with Crippen LogP contribution in [-0.4, -0.2) is 17.6 Å². The number of nitrogens with zero attached hydrogens (tertiary/aromatic N) is 1. The zero-order valence-electron chi connectivity index (χ0n) is 11.6. The highest BCUT2D eigenvalue weighted by Crippen LogP contribution is 2.31. The van der Waals surface area contributed by atoms with E-state index in [9.17, 15) is 4.79 Å². The number of anilines is 1. The molecule has 0 radical (unpaired) electrons. The van der Waals surface area contributed by atoms with E-state index in [1.165, 1.54) is 0 Å². The summed E-state index contributed by atoms with van der Waals surface area (Å²) in [5, 5.41) is 6.48. The molecule has 0 aliphatic heterocycles. The Labute approximate surface area is 126 Å². The van der Waals surface area contributed by atoms with E-state index < -0.39 is 0 Å². The van der Waals surface area contributed by atoms with Gasteiger partial charge in [-0.1, -0.05) is 24.3 Å². The Morgan fingerprint density at radius 2 is 2.05 bits per heavy atom. The molecule has 0 unspecified atom stereocenters.